The number of nitrogens with two attached hydrogens (primary N) is 2. The van der Waals surface area contributed by atoms with E-state index in [2.05, 4.69) is 27.1 Å². The lowest BCUT2D eigenvalue weighted by Gasteiger charge is -2.34. The summed E-state index contributed by atoms with van der Waals surface area (Å²) >= 11 is 0. The van der Waals surface area contributed by atoms with Crippen LogP contribution in [0.1, 0.15) is 18.1 Å². The van der Waals surface area contributed by atoms with Gasteiger partial charge in [-0.25, -0.2) is 4.39 Å². The van der Waals surface area contributed by atoms with E-state index in [0.717, 1.165) is 25.2 Å². The Hall–Kier alpha value is -2.41. The smallest absolute Gasteiger partial charge is 0.223 e. The van der Waals surface area contributed by atoms with Crippen LogP contribution in [0.15, 0.2) is 24.3 Å². The largest absolute Gasteiger partial charge is 0.383 e. The van der Waals surface area contributed by atoms with E-state index in [0.29, 0.717) is 29.7 Å². The van der Waals surface area contributed by atoms with Crippen LogP contribution in [0.25, 0.3) is 0 Å². The molecular formula is C16H21FN6. The third kappa shape index (κ3) is 3.34. The first-order chi connectivity index (χ1) is 11.0. The summed E-state index contributed by atoms with van der Waals surface area (Å²) in [5.74, 6) is 0.887. The fraction of sp³-hybridized carbons (Fsp3) is 0.375. The maximum atomic E-state index is 14.0. The van der Waals surface area contributed by atoms with Gasteiger partial charge in [0.2, 0.25) is 5.95 Å². The van der Waals surface area contributed by atoms with Gasteiger partial charge in [0, 0.05) is 37.7 Å². The normalized spacial score (nSPS) is 18.2. The molecule has 0 radical (unpaired) electrons. The van der Waals surface area contributed by atoms with Crippen molar-refractivity contribution in [2.24, 2.45) is 0 Å². The second-order valence-electron chi connectivity index (χ2n) is 5.84. The molecule has 2 aromatic rings. The number of hydrogen-bond acceptors (Lipinski definition) is 6. The molecule has 23 heavy (non-hydrogen) atoms. The topological polar surface area (TPSA) is 93.1 Å². The van der Waals surface area contributed by atoms with E-state index in [1.165, 1.54) is 6.07 Å². The molecule has 0 bridgehead atoms. The SMILES string of the molecule is C[C@H]1CN(c2nc(N)nc(N)c2Cc2ccccc2F)CCN1. The first-order valence-corrected chi connectivity index (χ1v) is 7.68. The molecule has 1 aliphatic rings. The molecule has 2 heterocycles. The summed E-state index contributed by atoms with van der Waals surface area (Å²) in [6.07, 6.45) is 0.340. The first-order valence-electron chi connectivity index (χ1n) is 7.68. The van der Waals surface area contributed by atoms with Crippen LogP contribution in [-0.2, 0) is 6.42 Å². The van der Waals surface area contributed by atoms with Gasteiger partial charge in [-0.3, -0.25) is 0 Å². The summed E-state index contributed by atoms with van der Waals surface area (Å²) in [7, 11) is 0. The number of halogens is 1. The molecule has 3 rings (SSSR count). The van der Waals surface area contributed by atoms with E-state index >= 15 is 0 Å². The van der Waals surface area contributed by atoms with Crippen molar-refractivity contribution in [1.82, 2.24) is 15.3 Å². The highest BCUT2D eigenvalue weighted by Crippen LogP contribution is 2.28. The lowest BCUT2D eigenvalue weighted by atomic mass is 10.0. The van der Waals surface area contributed by atoms with E-state index in [4.69, 9.17) is 11.5 Å². The standard InChI is InChI=1S/C16H21FN6/c1-10-9-23(7-6-20-10)15-12(14(18)21-16(19)22-15)8-11-4-2-3-5-13(11)17/h2-5,10,20H,6-9H2,1H3,(H4,18,19,21,22)/t10-/m0/s1. The Balaban J connectivity index is 2.00. The highest BCUT2D eigenvalue weighted by atomic mass is 19.1. The fourth-order valence-electron chi connectivity index (χ4n) is 2.89. The molecule has 1 atom stereocenters. The van der Waals surface area contributed by atoms with Crippen LogP contribution >= 0.6 is 0 Å². The average molecular weight is 316 g/mol. The van der Waals surface area contributed by atoms with Gasteiger partial charge in [0.1, 0.15) is 17.5 Å². The van der Waals surface area contributed by atoms with Crippen molar-refractivity contribution in [1.29, 1.82) is 0 Å². The van der Waals surface area contributed by atoms with Gasteiger partial charge in [-0.05, 0) is 18.6 Å². The van der Waals surface area contributed by atoms with Crippen LogP contribution in [0.2, 0.25) is 0 Å². The van der Waals surface area contributed by atoms with Gasteiger partial charge >= 0.3 is 0 Å². The number of piperazine rings is 1. The second kappa shape index (κ2) is 6.37. The zero-order valence-corrected chi connectivity index (χ0v) is 13.1. The average Bonchev–Trinajstić information content (AvgIpc) is 2.51. The highest BCUT2D eigenvalue weighted by Gasteiger charge is 2.23. The summed E-state index contributed by atoms with van der Waals surface area (Å²) in [5, 5.41) is 3.38. The molecule has 5 N–H and O–H groups in total. The van der Waals surface area contributed by atoms with Gasteiger partial charge in [-0.1, -0.05) is 18.2 Å². The molecule has 7 heteroatoms. The van der Waals surface area contributed by atoms with Gasteiger partial charge < -0.3 is 21.7 Å². The van der Waals surface area contributed by atoms with Crippen LogP contribution in [0, 0.1) is 5.82 Å². The van der Waals surface area contributed by atoms with Crippen molar-refractivity contribution in [2.75, 3.05) is 36.0 Å². The molecule has 1 fully saturated rings. The van der Waals surface area contributed by atoms with Gasteiger partial charge in [-0.2, -0.15) is 9.97 Å². The Labute approximate surface area is 134 Å². The van der Waals surface area contributed by atoms with E-state index in [1.54, 1.807) is 18.2 Å². The summed E-state index contributed by atoms with van der Waals surface area (Å²) in [6, 6.07) is 6.99. The molecule has 1 aromatic carbocycles. The zero-order chi connectivity index (χ0) is 16.4. The van der Waals surface area contributed by atoms with Gasteiger partial charge in [0.15, 0.2) is 0 Å². The Bertz CT molecular complexity index is 705. The number of rotatable bonds is 3. The minimum Gasteiger partial charge on any atom is -0.383 e. The van der Waals surface area contributed by atoms with Crippen molar-refractivity contribution < 1.29 is 4.39 Å². The van der Waals surface area contributed by atoms with Crippen LogP contribution in [0.3, 0.4) is 0 Å². The van der Waals surface area contributed by atoms with E-state index in [-0.39, 0.29) is 11.8 Å². The molecule has 122 valence electrons. The molecule has 0 amide bonds. The van der Waals surface area contributed by atoms with E-state index in [1.807, 2.05) is 0 Å². The van der Waals surface area contributed by atoms with Crippen LogP contribution < -0.4 is 21.7 Å². The predicted octanol–water partition coefficient (Wildman–Crippen LogP) is 1.17. The molecule has 1 saturated heterocycles. The highest BCUT2D eigenvalue weighted by molar-refractivity contribution is 5.61. The van der Waals surface area contributed by atoms with Crippen molar-refractivity contribution in [3.8, 4) is 0 Å². The zero-order valence-electron chi connectivity index (χ0n) is 13.1. The van der Waals surface area contributed by atoms with Crippen LogP contribution in [-0.4, -0.2) is 35.6 Å². The molecular weight excluding hydrogens is 295 g/mol. The van der Waals surface area contributed by atoms with Gasteiger partial charge in [0.05, 0.1) is 0 Å². The fourth-order valence-corrected chi connectivity index (χ4v) is 2.89. The Morgan fingerprint density at radius 2 is 2.09 bits per heavy atom. The molecule has 1 aliphatic heterocycles. The van der Waals surface area contributed by atoms with E-state index in [9.17, 15) is 4.39 Å². The summed E-state index contributed by atoms with van der Waals surface area (Å²) < 4.78 is 14.0. The summed E-state index contributed by atoms with van der Waals surface area (Å²) in [5.41, 5.74) is 13.1. The van der Waals surface area contributed by atoms with Gasteiger partial charge in [-0.15, -0.1) is 0 Å². The minimum atomic E-state index is -0.261. The second-order valence-corrected chi connectivity index (χ2v) is 5.84. The maximum Gasteiger partial charge on any atom is 0.223 e. The number of anilines is 3. The van der Waals surface area contributed by atoms with Crippen molar-refractivity contribution in [3.05, 3.63) is 41.2 Å². The Kier molecular flexibility index (Phi) is 4.29. The Morgan fingerprint density at radius 3 is 2.83 bits per heavy atom. The van der Waals surface area contributed by atoms with E-state index < -0.39 is 0 Å². The van der Waals surface area contributed by atoms with Crippen LogP contribution in [0.4, 0.5) is 22.0 Å². The predicted molar refractivity (Wildman–Crippen MR) is 89.7 cm³/mol. The van der Waals surface area contributed by atoms with Crippen molar-refractivity contribution in [2.45, 2.75) is 19.4 Å². The lowest BCUT2D eigenvalue weighted by molar-refractivity contribution is 0.481. The third-order valence-corrected chi connectivity index (χ3v) is 4.03. The molecule has 0 unspecified atom stereocenters. The molecule has 6 nitrogen and oxygen atoms in total. The molecule has 0 aliphatic carbocycles. The minimum absolute atomic E-state index is 0.140. The number of aromatic nitrogens is 2. The van der Waals surface area contributed by atoms with Gasteiger partial charge in [0.25, 0.3) is 0 Å². The number of hydrogen-bond donors (Lipinski definition) is 3. The summed E-state index contributed by atoms with van der Waals surface area (Å²) in [6.45, 7) is 4.55. The first kappa shape index (κ1) is 15.5. The summed E-state index contributed by atoms with van der Waals surface area (Å²) in [4.78, 5) is 10.6. The maximum absolute atomic E-state index is 14.0. The monoisotopic (exact) mass is 316 g/mol. The van der Waals surface area contributed by atoms with Crippen molar-refractivity contribution in [3.63, 3.8) is 0 Å². The third-order valence-electron chi connectivity index (χ3n) is 4.03. The molecule has 1 aromatic heterocycles. The lowest BCUT2D eigenvalue weighted by Crippen LogP contribution is -2.50. The number of nitrogens with one attached hydrogen (secondary N) is 1. The quantitative estimate of drug-likeness (QED) is 0.787. The number of nitrogen functional groups attached to an aromatic ring is 2. The number of benzene rings is 1. The molecule has 0 spiro atoms. The Morgan fingerprint density at radius 1 is 1.30 bits per heavy atom. The van der Waals surface area contributed by atoms with Crippen LogP contribution in [0.5, 0.6) is 0 Å². The number of nitrogens with zero attached hydrogens (tertiary/aromatic N) is 3. The van der Waals surface area contributed by atoms with Crippen molar-refractivity contribution >= 4 is 17.6 Å². The molecule has 0 saturated carbocycles.